The quantitative estimate of drug-likeness (QED) is 0.188. The maximum absolute atomic E-state index is 14.0. The van der Waals surface area contributed by atoms with E-state index in [1.807, 2.05) is 0 Å². The average molecular weight is 688 g/mol. The van der Waals surface area contributed by atoms with Crippen molar-refractivity contribution in [3.8, 4) is 0 Å². The van der Waals surface area contributed by atoms with Crippen molar-refractivity contribution in [2.75, 3.05) is 6.54 Å². The normalized spacial score (nSPS) is 37.8. The van der Waals surface area contributed by atoms with Crippen LogP contribution in [-0.4, -0.2) is 35.5 Å². The lowest BCUT2D eigenvalue weighted by molar-refractivity contribution is -0.233. The molecule has 0 radical (unpaired) electrons. The third-order valence-electron chi connectivity index (χ3n) is 15.9. The Bertz CT molecular complexity index is 1530. The number of nitrogens with one attached hydrogen (secondary N) is 1. The summed E-state index contributed by atoms with van der Waals surface area (Å²) in [7, 11) is 0. The number of esters is 1. The molecule has 8 atom stereocenters. The number of carboxylic acid groups (broad SMARTS) is 1. The largest absolute Gasteiger partial charge is 0.481 e. The van der Waals surface area contributed by atoms with E-state index < -0.39 is 17.4 Å². The lowest BCUT2D eigenvalue weighted by Gasteiger charge is -2.72. The van der Waals surface area contributed by atoms with Crippen molar-refractivity contribution in [2.24, 2.45) is 56.2 Å². The highest BCUT2D eigenvalue weighted by atomic mass is 16.5. The Morgan fingerprint density at radius 3 is 2.28 bits per heavy atom. The summed E-state index contributed by atoms with van der Waals surface area (Å²) in [5.74, 6) is 0.719. The molecule has 0 heterocycles. The van der Waals surface area contributed by atoms with E-state index >= 15 is 0 Å². The number of benzene rings is 1. The molecular formula is C44H65NO5. The first kappa shape index (κ1) is 37.3. The number of carbonyl (C=O) groups is 3. The molecule has 1 aromatic rings. The number of carbonyl (C=O) groups excluding carboxylic acids is 2. The van der Waals surface area contributed by atoms with E-state index in [2.05, 4.69) is 84.1 Å². The highest BCUT2D eigenvalue weighted by molar-refractivity contribution is 6.00. The van der Waals surface area contributed by atoms with Gasteiger partial charge >= 0.3 is 11.9 Å². The molecule has 6 heteroatoms. The van der Waals surface area contributed by atoms with E-state index in [1.54, 1.807) is 19.4 Å². The van der Waals surface area contributed by atoms with Gasteiger partial charge in [-0.3, -0.25) is 14.4 Å². The topological polar surface area (TPSA) is 92.7 Å². The lowest BCUT2D eigenvalue weighted by Crippen LogP contribution is -2.65. The van der Waals surface area contributed by atoms with Crippen molar-refractivity contribution in [2.45, 2.75) is 146 Å². The molecule has 0 bridgehead atoms. The van der Waals surface area contributed by atoms with E-state index in [9.17, 15) is 19.5 Å². The van der Waals surface area contributed by atoms with Crippen LogP contribution in [-0.2, 0) is 25.7 Å². The van der Waals surface area contributed by atoms with Crippen molar-refractivity contribution < 1.29 is 24.2 Å². The first-order valence-electron chi connectivity index (χ1n) is 19.8. The number of carboxylic acids is 1. The van der Waals surface area contributed by atoms with Gasteiger partial charge in [0.15, 0.2) is 5.78 Å². The van der Waals surface area contributed by atoms with Gasteiger partial charge in [-0.2, -0.15) is 0 Å². The van der Waals surface area contributed by atoms with Crippen LogP contribution in [0.15, 0.2) is 41.5 Å². The van der Waals surface area contributed by atoms with E-state index in [1.165, 1.54) is 24.0 Å². The molecule has 0 amide bonds. The van der Waals surface area contributed by atoms with Gasteiger partial charge in [0.05, 0.1) is 11.8 Å². The number of allylic oxidation sites excluding steroid dienone is 2. The molecule has 4 fully saturated rings. The molecule has 4 saturated carbocycles. The van der Waals surface area contributed by atoms with E-state index in [-0.39, 0.29) is 45.5 Å². The maximum Gasteiger partial charge on any atom is 0.309 e. The molecule has 1 aromatic carbocycles. The van der Waals surface area contributed by atoms with Crippen LogP contribution in [0.4, 0.5) is 0 Å². The van der Waals surface area contributed by atoms with Crippen LogP contribution < -0.4 is 5.32 Å². The Hall–Kier alpha value is -2.47. The number of ketones is 1. The summed E-state index contributed by atoms with van der Waals surface area (Å²) in [6.45, 7) is 21.9. The third kappa shape index (κ3) is 5.82. The van der Waals surface area contributed by atoms with Gasteiger partial charge in [0.2, 0.25) is 0 Å². The molecule has 5 aliphatic rings. The van der Waals surface area contributed by atoms with Gasteiger partial charge in [-0.15, -0.1) is 0 Å². The van der Waals surface area contributed by atoms with E-state index in [0.29, 0.717) is 30.0 Å². The zero-order valence-electron chi connectivity index (χ0n) is 32.5. The summed E-state index contributed by atoms with van der Waals surface area (Å²) < 4.78 is 6.18. The summed E-state index contributed by atoms with van der Waals surface area (Å²) in [4.78, 5) is 38.8. The van der Waals surface area contributed by atoms with Gasteiger partial charge < -0.3 is 15.2 Å². The van der Waals surface area contributed by atoms with Crippen LogP contribution in [0, 0.1) is 56.2 Å². The predicted molar refractivity (Wildman–Crippen MR) is 198 cm³/mol. The second-order valence-corrected chi connectivity index (χ2v) is 19.6. The number of Topliss-reactive ketones (excluding diaryl/α,β-unsaturated/α-hetero) is 1. The standard InChI is InChI=1S/C44H65NO5/c1-28(2)36-31(46)25-44(23-24-45-27-29-13-11-10-12-14-29)22-21-42(8)30(37(36)44)15-16-33-41(7)19-18-34(50-35(47)26-39(3,4)38(48)49)40(5,6)32(41)17-20-43(33,42)9/h10-14,28,30,32-34,45H,15-27H2,1-9H3,(H,48,49)/t30-,32+,33-,34+,41+,42-,43-,44-/m1/s1. The number of fused-ring (bicyclic) bond motifs is 7. The van der Waals surface area contributed by atoms with E-state index in [0.717, 1.165) is 58.0 Å². The molecule has 276 valence electrons. The fourth-order valence-electron chi connectivity index (χ4n) is 13.0. The highest BCUT2D eigenvalue weighted by Gasteiger charge is 2.70. The summed E-state index contributed by atoms with van der Waals surface area (Å²) in [6, 6.07) is 10.6. The van der Waals surface area contributed by atoms with Crippen LogP contribution in [0.1, 0.15) is 139 Å². The smallest absolute Gasteiger partial charge is 0.309 e. The fourth-order valence-corrected chi connectivity index (χ4v) is 13.0. The van der Waals surface area contributed by atoms with Crippen LogP contribution in [0.25, 0.3) is 0 Å². The van der Waals surface area contributed by atoms with Gasteiger partial charge in [0, 0.05) is 23.8 Å². The molecule has 50 heavy (non-hydrogen) atoms. The molecule has 2 N–H and O–H groups in total. The molecule has 6 nitrogen and oxygen atoms in total. The summed E-state index contributed by atoms with van der Waals surface area (Å²) in [6.07, 6.45) is 10.1. The fraction of sp³-hybridized carbons (Fsp3) is 0.750. The molecule has 6 rings (SSSR count). The van der Waals surface area contributed by atoms with Crippen molar-refractivity contribution in [1.82, 2.24) is 5.32 Å². The number of ether oxygens (including phenoxy) is 1. The minimum atomic E-state index is -1.14. The molecule has 0 aliphatic heterocycles. The predicted octanol–water partition coefficient (Wildman–Crippen LogP) is 9.56. The molecule has 5 aliphatic carbocycles. The second kappa shape index (κ2) is 12.9. The van der Waals surface area contributed by atoms with Crippen molar-refractivity contribution >= 4 is 17.7 Å². The van der Waals surface area contributed by atoms with Gasteiger partial charge in [0.1, 0.15) is 6.10 Å². The Balaban J connectivity index is 1.24. The Morgan fingerprint density at radius 2 is 1.62 bits per heavy atom. The van der Waals surface area contributed by atoms with Crippen LogP contribution in [0.5, 0.6) is 0 Å². The molecular weight excluding hydrogens is 622 g/mol. The summed E-state index contributed by atoms with van der Waals surface area (Å²) in [5.41, 5.74) is 3.07. The SMILES string of the molecule is CC(C)C1=C2[C@H]3CC[C@@H]4[C@@]5(C)CC[C@H](OC(=O)CC(C)(C)C(=O)O)C(C)(C)[C@@H]5CC[C@@]4(C)[C@]3(C)CC[C@@]2(CCNCc2ccccc2)CC1=O. The molecule has 0 unspecified atom stereocenters. The van der Waals surface area contributed by atoms with Gasteiger partial charge in [0.25, 0.3) is 0 Å². The maximum atomic E-state index is 14.0. The monoisotopic (exact) mass is 687 g/mol. The first-order chi connectivity index (χ1) is 23.3. The van der Waals surface area contributed by atoms with Gasteiger partial charge in [-0.1, -0.05) is 84.4 Å². The number of rotatable bonds is 10. The zero-order valence-corrected chi connectivity index (χ0v) is 32.5. The molecule has 0 spiro atoms. The average Bonchev–Trinajstić information content (AvgIpc) is 3.33. The zero-order chi connectivity index (χ0) is 36.5. The molecule has 0 aromatic heterocycles. The van der Waals surface area contributed by atoms with E-state index in [4.69, 9.17) is 4.74 Å². The summed E-state index contributed by atoms with van der Waals surface area (Å²) in [5, 5.41) is 13.3. The number of hydrogen-bond donors (Lipinski definition) is 2. The third-order valence-corrected chi connectivity index (χ3v) is 15.9. The van der Waals surface area contributed by atoms with Crippen molar-refractivity contribution in [1.29, 1.82) is 0 Å². The first-order valence-corrected chi connectivity index (χ1v) is 19.8. The van der Waals surface area contributed by atoms with Crippen LogP contribution >= 0.6 is 0 Å². The minimum absolute atomic E-state index is 0.0199. The lowest BCUT2D eigenvalue weighted by atomic mass is 9.33. The minimum Gasteiger partial charge on any atom is -0.481 e. The number of aliphatic carboxylic acids is 1. The highest BCUT2D eigenvalue weighted by Crippen LogP contribution is 2.77. The summed E-state index contributed by atoms with van der Waals surface area (Å²) >= 11 is 0. The Morgan fingerprint density at radius 1 is 0.920 bits per heavy atom. The van der Waals surface area contributed by atoms with Crippen LogP contribution in [0.3, 0.4) is 0 Å². The molecule has 0 saturated heterocycles. The van der Waals surface area contributed by atoms with Crippen molar-refractivity contribution in [3.05, 3.63) is 47.0 Å². The Kier molecular flexibility index (Phi) is 9.61. The van der Waals surface area contributed by atoms with Crippen LogP contribution in [0.2, 0.25) is 0 Å². The van der Waals surface area contributed by atoms with Gasteiger partial charge in [-0.25, -0.2) is 0 Å². The Labute approximate surface area is 302 Å². The van der Waals surface area contributed by atoms with Gasteiger partial charge in [-0.05, 0) is 129 Å². The second-order valence-electron chi connectivity index (χ2n) is 19.6. The van der Waals surface area contributed by atoms with Crippen molar-refractivity contribution in [3.63, 3.8) is 0 Å². The number of hydrogen-bond acceptors (Lipinski definition) is 5.